The van der Waals surface area contributed by atoms with E-state index in [0.29, 0.717) is 5.41 Å². The fourth-order valence-electron chi connectivity index (χ4n) is 2.99. The third kappa shape index (κ3) is 9.95. The van der Waals surface area contributed by atoms with Crippen molar-refractivity contribution in [2.75, 3.05) is 6.54 Å². The first-order valence-electron chi connectivity index (χ1n) is 9.28. The SMILES string of the molecule is CCCCC(CC)(CN)CCCCCCCC=C(N)CC. The van der Waals surface area contributed by atoms with E-state index in [0.717, 1.165) is 25.1 Å². The van der Waals surface area contributed by atoms with Crippen LogP contribution in [0.25, 0.3) is 0 Å². The van der Waals surface area contributed by atoms with E-state index in [1.807, 2.05) is 0 Å². The molecule has 0 aliphatic rings. The van der Waals surface area contributed by atoms with Crippen LogP contribution in [0.2, 0.25) is 0 Å². The number of unbranched alkanes of at least 4 members (excludes halogenated alkanes) is 6. The van der Waals surface area contributed by atoms with E-state index in [9.17, 15) is 0 Å². The van der Waals surface area contributed by atoms with Gasteiger partial charge in [-0.15, -0.1) is 0 Å². The van der Waals surface area contributed by atoms with Gasteiger partial charge < -0.3 is 11.5 Å². The van der Waals surface area contributed by atoms with Gasteiger partial charge in [-0.2, -0.15) is 0 Å². The zero-order chi connectivity index (χ0) is 16.0. The van der Waals surface area contributed by atoms with Crippen molar-refractivity contribution in [1.29, 1.82) is 0 Å². The van der Waals surface area contributed by atoms with Crippen LogP contribution in [0.5, 0.6) is 0 Å². The molecule has 0 radical (unpaired) electrons. The van der Waals surface area contributed by atoms with Gasteiger partial charge in [0.1, 0.15) is 0 Å². The molecule has 1 unspecified atom stereocenters. The molecule has 0 saturated heterocycles. The molecule has 126 valence electrons. The smallest absolute Gasteiger partial charge is 0.00371 e. The topological polar surface area (TPSA) is 52.0 Å². The third-order valence-corrected chi connectivity index (χ3v) is 4.97. The fourth-order valence-corrected chi connectivity index (χ4v) is 2.99. The van der Waals surface area contributed by atoms with Gasteiger partial charge in [0.05, 0.1) is 0 Å². The Kier molecular flexibility index (Phi) is 12.9. The maximum atomic E-state index is 6.06. The second-order valence-electron chi connectivity index (χ2n) is 6.60. The average Bonchev–Trinajstić information content (AvgIpc) is 2.52. The van der Waals surface area contributed by atoms with E-state index in [-0.39, 0.29) is 0 Å². The lowest BCUT2D eigenvalue weighted by atomic mass is 9.76. The fraction of sp³-hybridized carbons (Fsp3) is 0.895. The van der Waals surface area contributed by atoms with Crippen molar-refractivity contribution in [3.05, 3.63) is 11.8 Å². The Morgan fingerprint density at radius 3 is 2.10 bits per heavy atom. The maximum absolute atomic E-state index is 6.06. The molecule has 21 heavy (non-hydrogen) atoms. The first-order chi connectivity index (χ1) is 10.1. The van der Waals surface area contributed by atoms with Crippen LogP contribution in [-0.2, 0) is 0 Å². The Balaban J connectivity index is 3.71. The van der Waals surface area contributed by atoms with E-state index in [1.165, 1.54) is 64.2 Å². The molecule has 0 spiro atoms. The second-order valence-corrected chi connectivity index (χ2v) is 6.60. The summed E-state index contributed by atoms with van der Waals surface area (Å²) in [4.78, 5) is 0. The predicted octanol–water partition coefficient (Wildman–Crippen LogP) is 5.52. The monoisotopic (exact) mass is 296 g/mol. The largest absolute Gasteiger partial charge is 0.402 e. The lowest BCUT2D eigenvalue weighted by Gasteiger charge is -2.31. The van der Waals surface area contributed by atoms with Crippen molar-refractivity contribution in [1.82, 2.24) is 0 Å². The highest BCUT2D eigenvalue weighted by Gasteiger charge is 2.24. The number of nitrogens with two attached hydrogens (primary N) is 2. The van der Waals surface area contributed by atoms with Crippen LogP contribution in [0.1, 0.15) is 97.8 Å². The van der Waals surface area contributed by atoms with Crippen molar-refractivity contribution in [3.8, 4) is 0 Å². The maximum Gasteiger partial charge on any atom is 0.00371 e. The molecule has 0 aliphatic heterocycles. The zero-order valence-corrected chi connectivity index (χ0v) is 14.9. The molecule has 0 aromatic carbocycles. The highest BCUT2D eigenvalue weighted by Crippen LogP contribution is 2.33. The molecule has 0 aliphatic carbocycles. The van der Waals surface area contributed by atoms with Gasteiger partial charge in [-0.3, -0.25) is 0 Å². The molecule has 2 nitrogen and oxygen atoms in total. The highest BCUT2D eigenvalue weighted by molar-refractivity contribution is 4.94. The molecule has 4 N–H and O–H groups in total. The van der Waals surface area contributed by atoms with Crippen molar-refractivity contribution in [3.63, 3.8) is 0 Å². The summed E-state index contributed by atoms with van der Waals surface area (Å²) in [5.41, 5.74) is 13.3. The van der Waals surface area contributed by atoms with Crippen LogP contribution in [-0.4, -0.2) is 6.54 Å². The normalized spacial score (nSPS) is 15.1. The lowest BCUT2D eigenvalue weighted by molar-refractivity contribution is 0.223. The third-order valence-electron chi connectivity index (χ3n) is 4.97. The van der Waals surface area contributed by atoms with Gasteiger partial charge in [0.2, 0.25) is 0 Å². The Bertz CT molecular complexity index is 254. The summed E-state index contributed by atoms with van der Waals surface area (Å²) in [6.07, 6.45) is 17.5. The summed E-state index contributed by atoms with van der Waals surface area (Å²) in [7, 11) is 0. The van der Waals surface area contributed by atoms with Crippen LogP contribution < -0.4 is 11.5 Å². The predicted molar refractivity (Wildman–Crippen MR) is 96.2 cm³/mol. The van der Waals surface area contributed by atoms with Crippen molar-refractivity contribution in [2.24, 2.45) is 16.9 Å². The second kappa shape index (κ2) is 13.2. The van der Waals surface area contributed by atoms with E-state index >= 15 is 0 Å². The lowest BCUT2D eigenvalue weighted by Crippen LogP contribution is -2.29. The Labute approximate surface area is 133 Å². The zero-order valence-electron chi connectivity index (χ0n) is 14.9. The van der Waals surface area contributed by atoms with Gasteiger partial charge in [0.25, 0.3) is 0 Å². The molecule has 0 bridgehead atoms. The van der Waals surface area contributed by atoms with Gasteiger partial charge in [-0.05, 0) is 50.5 Å². The van der Waals surface area contributed by atoms with E-state index in [1.54, 1.807) is 0 Å². The van der Waals surface area contributed by atoms with Gasteiger partial charge in [0.15, 0.2) is 0 Å². The number of rotatable bonds is 14. The molecule has 0 aromatic heterocycles. The summed E-state index contributed by atoms with van der Waals surface area (Å²) in [5.74, 6) is 0. The Morgan fingerprint density at radius 2 is 1.52 bits per heavy atom. The van der Waals surface area contributed by atoms with Crippen molar-refractivity contribution in [2.45, 2.75) is 97.8 Å². The van der Waals surface area contributed by atoms with Crippen LogP contribution in [0.15, 0.2) is 11.8 Å². The van der Waals surface area contributed by atoms with Crippen molar-refractivity contribution < 1.29 is 0 Å². The molecule has 0 fully saturated rings. The molecular weight excluding hydrogens is 256 g/mol. The summed E-state index contributed by atoms with van der Waals surface area (Å²) in [6.45, 7) is 7.57. The first-order valence-corrected chi connectivity index (χ1v) is 9.28. The molecule has 0 saturated carbocycles. The molecular formula is C19H40N2. The minimum absolute atomic E-state index is 0.425. The number of allylic oxidation sites excluding steroid dienone is 2. The molecule has 1 atom stereocenters. The average molecular weight is 297 g/mol. The first kappa shape index (κ1) is 20.5. The molecule has 0 heterocycles. The van der Waals surface area contributed by atoms with Crippen LogP contribution in [0.3, 0.4) is 0 Å². The minimum Gasteiger partial charge on any atom is -0.402 e. The van der Waals surface area contributed by atoms with Crippen LogP contribution >= 0.6 is 0 Å². The van der Waals surface area contributed by atoms with Crippen molar-refractivity contribution >= 4 is 0 Å². The van der Waals surface area contributed by atoms with Gasteiger partial charge in [0, 0.05) is 5.70 Å². The summed E-state index contributed by atoms with van der Waals surface area (Å²) in [6, 6.07) is 0. The standard InChI is InChI=1S/C19H40N2/c1-4-7-15-19(6-3,17-20)16-13-11-9-8-10-12-14-18(21)5-2/h14H,4-13,15-17,20-21H2,1-3H3. The summed E-state index contributed by atoms with van der Waals surface area (Å²) in [5, 5.41) is 0. The molecule has 0 rings (SSSR count). The molecule has 0 aromatic rings. The number of hydrogen-bond donors (Lipinski definition) is 2. The van der Waals surface area contributed by atoms with Gasteiger partial charge in [-0.1, -0.05) is 65.4 Å². The Hall–Kier alpha value is -0.500. The highest BCUT2D eigenvalue weighted by atomic mass is 14.6. The summed E-state index contributed by atoms with van der Waals surface area (Å²) >= 11 is 0. The van der Waals surface area contributed by atoms with E-state index < -0.39 is 0 Å². The van der Waals surface area contributed by atoms with E-state index in [4.69, 9.17) is 11.5 Å². The minimum atomic E-state index is 0.425. The molecule has 0 amide bonds. The van der Waals surface area contributed by atoms with Gasteiger partial charge in [-0.25, -0.2) is 0 Å². The van der Waals surface area contributed by atoms with E-state index in [2.05, 4.69) is 26.8 Å². The van der Waals surface area contributed by atoms with Crippen LogP contribution in [0.4, 0.5) is 0 Å². The quantitative estimate of drug-likeness (QED) is 0.415. The Morgan fingerprint density at radius 1 is 0.905 bits per heavy atom. The molecule has 2 heteroatoms. The van der Waals surface area contributed by atoms with Gasteiger partial charge >= 0.3 is 0 Å². The number of hydrogen-bond acceptors (Lipinski definition) is 2. The summed E-state index contributed by atoms with van der Waals surface area (Å²) < 4.78 is 0. The van der Waals surface area contributed by atoms with Crippen LogP contribution in [0, 0.1) is 5.41 Å².